The average molecular weight is 480 g/mol. The molecule has 36 heavy (non-hydrogen) atoms. The minimum atomic E-state index is -2.57. The first kappa shape index (κ1) is 18.3. The summed E-state index contributed by atoms with van der Waals surface area (Å²) in [6.07, 6.45) is 5.13. The van der Waals surface area contributed by atoms with Gasteiger partial charge in [0, 0.05) is 33.4 Å². The molecule has 0 radical (unpaired) electrons. The van der Waals surface area contributed by atoms with E-state index in [4.69, 9.17) is 9.90 Å². The summed E-state index contributed by atoms with van der Waals surface area (Å²) in [6, 6.07) is 19.0. The number of nitriles is 1. The summed E-state index contributed by atoms with van der Waals surface area (Å²) in [7, 11) is 1.69. The molecule has 0 aliphatic heterocycles. The molecule has 3 nitrogen and oxygen atoms in total. The van der Waals surface area contributed by atoms with Crippen molar-refractivity contribution in [3.8, 4) is 28.5 Å². The van der Waals surface area contributed by atoms with Gasteiger partial charge < -0.3 is 4.42 Å². The highest BCUT2D eigenvalue weighted by Crippen LogP contribution is 2.42. The van der Waals surface area contributed by atoms with Gasteiger partial charge in [0.05, 0.1) is 17.2 Å². The molecule has 0 N–H and O–H groups in total. The van der Waals surface area contributed by atoms with Crippen LogP contribution in [0, 0.1) is 30.9 Å². The Kier molecular flexibility index (Phi) is 4.38. The lowest BCUT2D eigenvalue weighted by Gasteiger charge is -2.11. The van der Waals surface area contributed by atoms with E-state index in [1.807, 2.05) is 49.4 Å². The number of rotatable bonds is 3. The summed E-state index contributed by atoms with van der Waals surface area (Å²) < 4.78 is 55.1. The number of nitrogens with zero attached hydrogens (tertiary/aromatic N) is 2. The van der Waals surface area contributed by atoms with Crippen LogP contribution >= 0.6 is 0 Å². The second kappa shape index (κ2) is 8.60. The third kappa shape index (κ3) is 3.50. The van der Waals surface area contributed by atoms with Gasteiger partial charge in [0.2, 0.25) is 5.69 Å². The number of furan rings is 1. The third-order valence-corrected chi connectivity index (χ3v) is 7.41. The van der Waals surface area contributed by atoms with Crippen LogP contribution in [0.15, 0.2) is 65.2 Å². The minimum Gasteiger partial charge on any atom is -0.454 e. The zero-order valence-electron chi connectivity index (χ0n) is 24.3. The molecule has 0 bridgehead atoms. The summed E-state index contributed by atoms with van der Waals surface area (Å²) in [5, 5.41) is 11.6. The Hall–Kier alpha value is -3.97. The number of hydrogen-bond acceptors (Lipinski definition) is 2. The molecule has 0 amide bonds. The van der Waals surface area contributed by atoms with E-state index in [1.54, 1.807) is 17.7 Å². The molecule has 5 aromatic rings. The predicted octanol–water partition coefficient (Wildman–Crippen LogP) is 8.03. The Morgan fingerprint density at radius 3 is 2.39 bits per heavy atom. The van der Waals surface area contributed by atoms with E-state index >= 15 is 4.39 Å². The van der Waals surface area contributed by atoms with Gasteiger partial charge >= 0.3 is 0 Å². The fraction of sp³-hybridized carbons (Fsp3) is 0.250. The number of aromatic nitrogens is 1. The van der Waals surface area contributed by atoms with Crippen LogP contribution in [0.2, 0.25) is 0 Å². The van der Waals surface area contributed by atoms with Crippen molar-refractivity contribution < 1.29 is 18.9 Å². The van der Waals surface area contributed by atoms with Crippen LogP contribution in [0.25, 0.3) is 44.3 Å². The summed E-state index contributed by atoms with van der Waals surface area (Å²) in [5.74, 6) is -1.36. The van der Waals surface area contributed by atoms with Gasteiger partial charge in [-0.3, -0.25) is 0 Å². The third-order valence-electron chi connectivity index (χ3n) is 7.41. The number of halogens is 1. The molecular weight excluding hydrogens is 447 g/mol. The molecule has 1 fully saturated rings. The van der Waals surface area contributed by atoms with Gasteiger partial charge in [-0.2, -0.15) is 5.26 Å². The molecule has 1 aliphatic rings. The molecule has 3 aromatic carbocycles. The lowest BCUT2D eigenvalue weighted by atomic mass is 9.92. The zero-order chi connectivity index (χ0) is 28.4. The van der Waals surface area contributed by atoms with Gasteiger partial charge in [-0.1, -0.05) is 49.2 Å². The van der Waals surface area contributed by atoms with Crippen LogP contribution in [0.1, 0.15) is 59.3 Å². The Balaban J connectivity index is 1.58. The Morgan fingerprint density at radius 2 is 1.69 bits per heavy atom. The second-order valence-corrected chi connectivity index (χ2v) is 9.63. The standard InChI is InChI=1S/C32H28FN2O/c1-19-8-14-25-26-15-13-24(17-34)30(23-11-9-22(10-12-23)21-6-4-5-7-21)32(26)36-31(25)29(19)28-16-27(33)20(2)18-35(28)3/h8-16,18,21H,4-7H2,1-3H3/q+1/i2D3,21D. The molecule has 0 atom stereocenters. The first-order valence-electron chi connectivity index (χ1n) is 14.2. The molecule has 6 rings (SSSR count). The number of pyridine rings is 1. The maximum Gasteiger partial charge on any atom is 0.219 e. The van der Waals surface area contributed by atoms with Gasteiger partial charge in [-0.05, 0) is 61.3 Å². The predicted molar refractivity (Wildman–Crippen MR) is 141 cm³/mol. The van der Waals surface area contributed by atoms with Gasteiger partial charge in [0.25, 0.3) is 0 Å². The molecule has 1 aliphatic carbocycles. The van der Waals surface area contributed by atoms with Crippen molar-refractivity contribution in [3.05, 3.63) is 88.9 Å². The largest absolute Gasteiger partial charge is 0.454 e. The van der Waals surface area contributed by atoms with Crippen LogP contribution in [-0.4, -0.2) is 0 Å². The van der Waals surface area contributed by atoms with Crippen molar-refractivity contribution in [2.24, 2.45) is 7.05 Å². The Bertz CT molecular complexity index is 1840. The molecule has 0 unspecified atom stereocenters. The summed E-state index contributed by atoms with van der Waals surface area (Å²) in [6.45, 7) is -0.673. The van der Waals surface area contributed by atoms with Crippen molar-refractivity contribution in [2.75, 3.05) is 0 Å². The smallest absolute Gasteiger partial charge is 0.219 e. The Labute approximate surface area is 216 Å². The first-order valence-corrected chi connectivity index (χ1v) is 12.2. The minimum absolute atomic E-state index is 0.343. The number of hydrogen-bond donors (Lipinski definition) is 0. The van der Waals surface area contributed by atoms with E-state index in [0.717, 1.165) is 53.1 Å². The number of fused-ring (bicyclic) bond motifs is 3. The molecule has 0 spiro atoms. The second-order valence-electron chi connectivity index (χ2n) is 9.63. The van der Waals surface area contributed by atoms with E-state index in [9.17, 15) is 5.26 Å². The molecule has 0 saturated heterocycles. The topological polar surface area (TPSA) is 40.8 Å². The molecule has 2 heterocycles. The highest BCUT2D eigenvalue weighted by Gasteiger charge is 2.24. The summed E-state index contributed by atoms with van der Waals surface area (Å²) in [4.78, 5) is 0. The van der Waals surface area contributed by atoms with Crippen molar-refractivity contribution in [1.29, 1.82) is 5.26 Å². The van der Waals surface area contributed by atoms with Crippen molar-refractivity contribution in [3.63, 3.8) is 0 Å². The normalized spacial score (nSPS) is 16.9. The van der Waals surface area contributed by atoms with Gasteiger partial charge in [0.15, 0.2) is 6.20 Å². The highest BCUT2D eigenvalue weighted by molar-refractivity contribution is 6.14. The van der Waals surface area contributed by atoms with E-state index < -0.39 is 18.6 Å². The molecule has 1 saturated carbocycles. The highest BCUT2D eigenvalue weighted by atomic mass is 19.1. The fourth-order valence-corrected chi connectivity index (χ4v) is 5.54. The lowest BCUT2D eigenvalue weighted by Crippen LogP contribution is -2.31. The van der Waals surface area contributed by atoms with E-state index in [0.29, 0.717) is 33.6 Å². The van der Waals surface area contributed by atoms with E-state index in [-0.39, 0.29) is 5.56 Å². The molecule has 4 heteroatoms. The van der Waals surface area contributed by atoms with Crippen LogP contribution < -0.4 is 4.57 Å². The number of aryl methyl sites for hydroxylation is 3. The van der Waals surface area contributed by atoms with E-state index in [1.165, 1.54) is 12.3 Å². The maximum atomic E-state index is 15.1. The monoisotopic (exact) mass is 479 g/mol. The molecule has 178 valence electrons. The fourth-order valence-electron chi connectivity index (χ4n) is 5.54. The van der Waals surface area contributed by atoms with Crippen LogP contribution in [0.5, 0.6) is 0 Å². The van der Waals surface area contributed by atoms with Crippen molar-refractivity contribution >= 4 is 21.9 Å². The molecule has 2 aromatic heterocycles. The summed E-state index contributed by atoms with van der Waals surface area (Å²) in [5.41, 5.74) is 5.67. The quantitative estimate of drug-likeness (QED) is 0.246. The van der Waals surface area contributed by atoms with Crippen molar-refractivity contribution in [1.82, 2.24) is 0 Å². The summed E-state index contributed by atoms with van der Waals surface area (Å²) >= 11 is 0. The van der Waals surface area contributed by atoms with Crippen LogP contribution in [-0.2, 0) is 7.05 Å². The van der Waals surface area contributed by atoms with Gasteiger partial charge in [0.1, 0.15) is 24.0 Å². The van der Waals surface area contributed by atoms with Crippen molar-refractivity contribution in [2.45, 2.75) is 45.4 Å². The average Bonchev–Trinajstić information content (AvgIpc) is 3.53. The Morgan fingerprint density at radius 1 is 1.00 bits per heavy atom. The number of benzene rings is 3. The van der Waals surface area contributed by atoms with Gasteiger partial charge in [-0.15, -0.1) is 0 Å². The van der Waals surface area contributed by atoms with Crippen LogP contribution in [0.4, 0.5) is 4.39 Å². The first-order chi connectivity index (χ1) is 19.0. The zero-order valence-corrected chi connectivity index (χ0v) is 20.3. The van der Waals surface area contributed by atoms with Crippen LogP contribution in [0.3, 0.4) is 0 Å². The lowest BCUT2D eigenvalue weighted by molar-refractivity contribution is -0.661. The van der Waals surface area contributed by atoms with Gasteiger partial charge in [-0.25, -0.2) is 8.96 Å². The maximum absolute atomic E-state index is 15.1. The SMILES string of the molecule is [2H]C([2H])([2H])c1c[n+](C)c(-c2c(C)ccc3c2oc2c(-c4ccc(C5([2H])CCCC5)cc4)c(C#N)ccc23)cc1F. The van der Waals surface area contributed by atoms with E-state index in [2.05, 4.69) is 6.07 Å². The molecular formula is C32H28FN2O+.